The second kappa shape index (κ2) is 23.8. The summed E-state index contributed by atoms with van der Waals surface area (Å²) in [4.78, 5) is 9.05. The molecule has 3 radical (unpaired) electrons. The predicted octanol–water partition coefficient (Wildman–Crippen LogP) is 0.573. The average molecular weight is 298 g/mol. The molecule has 0 rings (SSSR count). The van der Waals surface area contributed by atoms with Crippen LogP contribution in [0.1, 0.15) is 13.3 Å². The fraction of sp³-hybridized carbons (Fsp3) is 0.500. The van der Waals surface area contributed by atoms with Gasteiger partial charge in [0.25, 0.3) is 0 Å². The van der Waals surface area contributed by atoms with Gasteiger partial charge in [0, 0.05) is 81.6 Å². The van der Waals surface area contributed by atoms with Crippen molar-refractivity contribution in [1.82, 2.24) is 0 Å². The standard InChI is InChI=1S/C3H5O.CH3.Ba.Y/c1-2-3-4;;;/h2H2,1H3;1H3;;/q2*-1;;. The summed E-state index contributed by atoms with van der Waals surface area (Å²) in [6, 6.07) is 0. The van der Waals surface area contributed by atoms with Crippen LogP contribution in [0.15, 0.2) is 0 Å². The molecule has 0 unspecified atom stereocenters. The van der Waals surface area contributed by atoms with Crippen LogP contribution in [0.2, 0.25) is 0 Å². The molecule has 0 aromatic heterocycles. The van der Waals surface area contributed by atoms with E-state index in [0.29, 0.717) is 6.42 Å². The van der Waals surface area contributed by atoms with Crippen LogP contribution >= 0.6 is 0 Å². The predicted molar refractivity (Wildman–Crippen MR) is 28.2 cm³/mol. The van der Waals surface area contributed by atoms with Crippen LogP contribution in [0.5, 0.6) is 0 Å². The minimum absolute atomic E-state index is 0. The molecule has 0 aliphatic rings. The summed E-state index contributed by atoms with van der Waals surface area (Å²) in [6.45, 7) is 1.76. The molecular weight excluding hydrogens is 290 g/mol. The van der Waals surface area contributed by atoms with Crippen molar-refractivity contribution in [2.75, 3.05) is 0 Å². The van der Waals surface area contributed by atoms with E-state index in [1.165, 1.54) is 0 Å². The molecule has 1 nitrogen and oxygen atoms in total. The smallest absolute Gasteiger partial charge is 0 e. The summed E-state index contributed by atoms with van der Waals surface area (Å²) in [7, 11) is 0. The maximum absolute atomic E-state index is 9.05. The van der Waals surface area contributed by atoms with Crippen molar-refractivity contribution in [1.29, 1.82) is 0 Å². The quantitative estimate of drug-likeness (QED) is 0.511. The van der Waals surface area contributed by atoms with E-state index in [2.05, 4.69) is 0 Å². The third kappa shape index (κ3) is 30.0. The number of carbonyl (C=O) groups excluding carboxylic acids is 1. The van der Waals surface area contributed by atoms with Gasteiger partial charge < -0.3 is 12.2 Å². The Morgan fingerprint density at radius 2 is 1.71 bits per heavy atom. The zero-order valence-corrected chi connectivity index (χ0v) is 12.2. The Hall–Kier alpha value is 2.35. The van der Waals surface area contributed by atoms with Crippen LogP contribution in [-0.4, -0.2) is 55.2 Å². The van der Waals surface area contributed by atoms with Gasteiger partial charge in [-0.05, 0) is 0 Å². The first kappa shape index (κ1) is 22.8. The van der Waals surface area contributed by atoms with Gasteiger partial charge in [-0.3, -0.25) is 6.29 Å². The number of hydrogen-bond donors (Lipinski definition) is 0. The summed E-state index contributed by atoms with van der Waals surface area (Å²) in [5.74, 6) is 0. The molecule has 37 valence electrons. The molecule has 0 fully saturated rings. The summed E-state index contributed by atoms with van der Waals surface area (Å²) in [5, 5.41) is 0. The van der Waals surface area contributed by atoms with E-state index < -0.39 is 0 Å². The van der Waals surface area contributed by atoms with Gasteiger partial charge in [-0.15, -0.1) is 0 Å². The molecule has 0 spiro atoms. The Kier molecular flexibility index (Phi) is 77.6. The molecule has 0 aliphatic heterocycles. The van der Waals surface area contributed by atoms with Crippen LogP contribution in [0, 0.1) is 7.43 Å². The van der Waals surface area contributed by atoms with Gasteiger partial charge in [0.05, 0.1) is 0 Å². The maximum Gasteiger partial charge on any atom is 0 e. The molecule has 3 heteroatoms. The molecule has 0 bridgehead atoms. The van der Waals surface area contributed by atoms with Crippen molar-refractivity contribution < 1.29 is 37.5 Å². The first-order valence-electron chi connectivity index (χ1n) is 1.26. The van der Waals surface area contributed by atoms with Crippen LogP contribution in [0.3, 0.4) is 0 Å². The summed E-state index contributed by atoms with van der Waals surface area (Å²) in [5.41, 5.74) is 0. The average Bonchev–Trinajstić information content (AvgIpc) is 1.37. The largest absolute Gasteiger partial charge is 0.542 e. The van der Waals surface area contributed by atoms with E-state index in [1.807, 2.05) is 0 Å². The van der Waals surface area contributed by atoms with E-state index in [9.17, 15) is 0 Å². The molecule has 0 atom stereocenters. The van der Waals surface area contributed by atoms with Crippen LogP contribution in [0.25, 0.3) is 0 Å². The minimum atomic E-state index is 0. The summed E-state index contributed by atoms with van der Waals surface area (Å²) in [6.07, 6.45) is 2.19. The topological polar surface area (TPSA) is 17.1 Å². The second-order valence-electron chi connectivity index (χ2n) is 0.498. The first-order valence-corrected chi connectivity index (χ1v) is 1.26. The first-order chi connectivity index (χ1) is 1.91. The van der Waals surface area contributed by atoms with Gasteiger partial charge in [0.15, 0.2) is 0 Å². The summed E-state index contributed by atoms with van der Waals surface area (Å²) < 4.78 is 0. The van der Waals surface area contributed by atoms with Gasteiger partial charge in [-0.1, -0.05) is 6.92 Å². The Bertz CT molecular complexity index is 25.7. The van der Waals surface area contributed by atoms with E-state index in [1.54, 1.807) is 13.2 Å². The minimum Gasteiger partial charge on any atom is -0.542 e. The second-order valence-corrected chi connectivity index (χ2v) is 0.498. The zero-order valence-electron chi connectivity index (χ0n) is 4.90. The van der Waals surface area contributed by atoms with Gasteiger partial charge in [-0.2, -0.15) is 6.42 Å². The normalized spacial score (nSPS) is 3.57. The Labute approximate surface area is 111 Å². The molecule has 0 amide bonds. The van der Waals surface area contributed by atoms with E-state index in [4.69, 9.17) is 4.79 Å². The third-order valence-electron chi connectivity index (χ3n) is 0.144. The monoisotopic (exact) mass is 299 g/mol. The fourth-order valence-corrected chi connectivity index (χ4v) is 0. The van der Waals surface area contributed by atoms with Gasteiger partial charge in [0.1, 0.15) is 0 Å². The third-order valence-corrected chi connectivity index (χ3v) is 0.144. The van der Waals surface area contributed by atoms with E-state index in [-0.39, 0.29) is 89.0 Å². The molecule has 0 aromatic carbocycles. The van der Waals surface area contributed by atoms with Crippen molar-refractivity contribution in [3.05, 3.63) is 7.43 Å². The molecule has 0 aromatic rings. The van der Waals surface area contributed by atoms with Crippen molar-refractivity contribution in [2.45, 2.75) is 13.3 Å². The molecule has 7 heavy (non-hydrogen) atoms. The fourth-order valence-electron chi connectivity index (χ4n) is 0. The van der Waals surface area contributed by atoms with Gasteiger partial charge >= 0.3 is 0 Å². The SMILES string of the molecule is CC[C-]=O.[Ba].[CH3-].[Y]. The zero-order chi connectivity index (χ0) is 3.41. The van der Waals surface area contributed by atoms with Crippen LogP contribution in [-0.2, 0) is 37.5 Å². The van der Waals surface area contributed by atoms with Gasteiger partial charge in [-0.25, -0.2) is 0 Å². The molecular formula is C4H8BaOY-2. The van der Waals surface area contributed by atoms with Crippen LogP contribution in [0.4, 0.5) is 0 Å². The van der Waals surface area contributed by atoms with E-state index >= 15 is 0 Å². The number of hydrogen-bond acceptors (Lipinski definition) is 1. The Morgan fingerprint density at radius 1 is 1.57 bits per heavy atom. The molecule has 0 aliphatic carbocycles. The van der Waals surface area contributed by atoms with Crippen molar-refractivity contribution in [2.24, 2.45) is 0 Å². The van der Waals surface area contributed by atoms with Crippen LogP contribution < -0.4 is 0 Å². The van der Waals surface area contributed by atoms with Crippen molar-refractivity contribution >= 4 is 55.2 Å². The van der Waals surface area contributed by atoms with Crippen molar-refractivity contribution in [3.63, 3.8) is 0 Å². The Balaban J connectivity index is -0.0000000150. The molecule has 0 saturated heterocycles. The van der Waals surface area contributed by atoms with Crippen molar-refractivity contribution in [3.8, 4) is 0 Å². The van der Waals surface area contributed by atoms with E-state index in [0.717, 1.165) is 0 Å². The summed E-state index contributed by atoms with van der Waals surface area (Å²) >= 11 is 0. The van der Waals surface area contributed by atoms with Gasteiger partial charge in [0.2, 0.25) is 0 Å². The maximum atomic E-state index is 9.05. The Morgan fingerprint density at radius 3 is 1.71 bits per heavy atom. The number of rotatable bonds is 1. The molecule has 0 saturated carbocycles. The molecule has 0 heterocycles. The molecule has 0 N–H and O–H groups in total.